The summed E-state index contributed by atoms with van der Waals surface area (Å²) in [5, 5.41) is 2.55. The fraction of sp³-hybridized carbons (Fsp3) is 0.235. The molecule has 1 heterocycles. The molecular formula is C17H17FN2O4. The molecule has 24 heavy (non-hydrogen) atoms. The van der Waals surface area contributed by atoms with Gasteiger partial charge >= 0.3 is 5.97 Å². The van der Waals surface area contributed by atoms with Crippen LogP contribution in [0.3, 0.4) is 0 Å². The van der Waals surface area contributed by atoms with Gasteiger partial charge in [-0.25, -0.2) is 14.2 Å². The van der Waals surface area contributed by atoms with E-state index in [1.165, 1.54) is 32.4 Å². The molecule has 126 valence electrons. The van der Waals surface area contributed by atoms with Gasteiger partial charge in [0, 0.05) is 23.7 Å². The third-order valence-corrected chi connectivity index (χ3v) is 3.35. The predicted octanol–water partition coefficient (Wildman–Crippen LogP) is 1.74. The van der Waals surface area contributed by atoms with Gasteiger partial charge in [-0.3, -0.25) is 4.79 Å². The minimum absolute atomic E-state index is 0.113. The van der Waals surface area contributed by atoms with Crippen molar-refractivity contribution < 1.29 is 23.5 Å². The van der Waals surface area contributed by atoms with E-state index in [0.29, 0.717) is 11.4 Å². The van der Waals surface area contributed by atoms with Crippen LogP contribution in [0.1, 0.15) is 15.9 Å². The SMILES string of the molecule is COC(=O)[C@@H](Cc1cccnc1OC)NC(=O)c1cccc(F)c1. The number of amides is 1. The minimum atomic E-state index is -0.955. The Morgan fingerprint density at radius 3 is 2.71 bits per heavy atom. The second kappa shape index (κ2) is 8.05. The van der Waals surface area contributed by atoms with Gasteiger partial charge in [0.2, 0.25) is 5.88 Å². The number of benzene rings is 1. The van der Waals surface area contributed by atoms with Crippen molar-refractivity contribution in [1.29, 1.82) is 0 Å². The number of esters is 1. The molecule has 0 radical (unpaired) electrons. The number of carbonyl (C=O) groups excluding carboxylic acids is 2. The molecule has 0 aliphatic rings. The van der Waals surface area contributed by atoms with Crippen LogP contribution >= 0.6 is 0 Å². The summed E-state index contributed by atoms with van der Waals surface area (Å²) in [6.07, 6.45) is 1.69. The number of rotatable bonds is 6. The van der Waals surface area contributed by atoms with E-state index in [2.05, 4.69) is 10.3 Å². The maximum atomic E-state index is 13.2. The van der Waals surface area contributed by atoms with Gasteiger partial charge in [-0.1, -0.05) is 12.1 Å². The van der Waals surface area contributed by atoms with E-state index in [1.807, 2.05) is 0 Å². The lowest BCUT2D eigenvalue weighted by Crippen LogP contribution is -2.43. The van der Waals surface area contributed by atoms with Crippen molar-refractivity contribution in [3.8, 4) is 5.88 Å². The Morgan fingerprint density at radius 1 is 1.25 bits per heavy atom. The summed E-state index contributed by atoms with van der Waals surface area (Å²) in [6.45, 7) is 0. The van der Waals surface area contributed by atoms with Crippen molar-refractivity contribution in [3.05, 3.63) is 59.5 Å². The molecule has 2 aromatic rings. The molecule has 0 unspecified atom stereocenters. The molecule has 0 aliphatic heterocycles. The summed E-state index contributed by atoms with van der Waals surface area (Å²) in [5.41, 5.74) is 0.747. The first-order valence-corrected chi connectivity index (χ1v) is 7.17. The molecule has 0 saturated heterocycles. The van der Waals surface area contributed by atoms with Gasteiger partial charge in [-0.2, -0.15) is 0 Å². The number of aromatic nitrogens is 1. The number of methoxy groups -OCH3 is 2. The topological polar surface area (TPSA) is 77.5 Å². The molecule has 0 spiro atoms. The van der Waals surface area contributed by atoms with Gasteiger partial charge in [0.05, 0.1) is 14.2 Å². The Morgan fingerprint density at radius 2 is 2.04 bits per heavy atom. The number of halogens is 1. The summed E-state index contributed by atoms with van der Waals surface area (Å²) in [6, 6.07) is 7.67. The predicted molar refractivity (Wildman–Crippen MR) is 84.2 cm³/mol. The normalized spacial score (nSPS) is 11.5. The Kier molecular flexibility index (Phi) is 5.83. The second-order valence-corrected chi connectivity index (χ2v) is 4.94. The van der Waals surface area contributed by atoms with Crippen LogP contribution in [0.25, 0.3) is 0 Å². The Labute approximate surface area is 138 Å². The first kappa shape index (κ1) is 17.4. The molecular weight excluding hydrogens is 315 g/mol. The van der Waals surface area contributed by atoms with Gasteiger partial charge in [0.25, 0.3) is 5.91 Å². The van der Waals surface area contributed by atoms with Crippen LogP contribution in [0.2, 0.25) is 0 Å². The van der Waals surface area contributed by atoms with Gasteiger partial charge in [-0.15, -0.1) is 0 Å². The van der Waals surface area contributed by atoms with Crippen molar-refractivity contribution >= 4 is 11.9 Å². The summed E-state index contributed by atoms with van der Waals surface area (Å²) in [5.74, 6) is -1.38. The lowest BCUT2D eigenvalue weighted by atomic mass is 10.1. The molecule has 1 N–H and O–H groups in total. The van der Waals surface area contributed by atoms with Crippen LogP contribution in [-0.2, 0) is 16.0 Å². The van der Waals surface area contributed by atoms with Crippen molar-refractivity contribution in [1.82, 2.24) is 10.3 Å². The van der Waals surface area contributed by atoms with Crippen molar-refractivity contribution in [2.24, 2.45) is 0 Å². The van der Waals surface area contributed by atoms with E-state index >= 15 is 0 Å². The van der Waals surface area contributed by atoms with Crippen LogP contribution in [0.5, 0.6) is 5.88 Å². The molecule has 7 heteroatoms. The molecule has 0 aliphatic carbocycles. The average molecular weight is 332 g/mol. The highest BCUT2D eigenvalue weighted by Crippen LogP contribution is 2.16. The Balaban J connectivity index is 2.20. The van der Waals surface area contributed by atoms with Crippen LogP contribution < -0.4 is 10.1 Å². The van der Waals surface area contributed by atoms with Crippen molar-refractivity contribution in [2.45, 2.75) is 12.5 Å². The van der Waals surface area contributed by atoms with Crippen LogP contribution in [0.15, 0.2) is 42.6 Å². The number of carbonyl (C=O) groups is 2. The fourth-order valence-electron chi connectivity index (χ4n) is 2.19. The first-order chi connectivity index (χ1) is 11.5. The van der Waals surface area contributed by atoms with E-state index in [1.54, 1.807) is 18.3 Å². The lowest BCUT2D eigenvalue weighted by Gasteiger charge is -2.17. The Bertz CT molecular complexity index is 736. The second-order valence-electron chi connectivity index (χ2n) is 4.94. The van der Waals surface area contributed by atoms with Gasteiger partial charge in [-0.05, 0) is 24.3 Å². The molecule has 1 amide bonds. The number of pyridine rings is 1. The summed E-state index contributed by atoms with van der Waals surface area (Å²) < 4.78 is 23.1. The van der Waals surface area contributed by atoms with E-state index in [4.69, 9.17) is 9.47 Å². The highest BCUT2D eigenvalue weighted by atomic mass is 19.1. The third kappa shape index (κ3) is 4.28. The molecule has 1 aromatic heterocycles. The highest BCUT2D eigenvalue weighted by molar-refractivity contribution is 5.96. The van der Waals surface area contributed by atoms with Gasteiger partial charge < -0.3 is 14.8 Å². The molecule has 2 rings (SSSR count). The van der Waals surface area contributed by atoms with E-state index in [-0.39, 0.29) is 12.0 Å². The number of nitrogens with zero attached hydrogens (tertiary/aromatic N) is 1. The van der Waals surface area contributed by atoms with Crippen molar-refractivity contribution in [3.63, 3.8) is 0 Å². The largest absolute Gasteiger partial charge is 0.481 e. The molecule has 1 atom stereocenters. The molecule has 0 fully saturated rings. The third-order valence-electron chi connectivity index (χ3n) is 3.35. The van der Waals surface area contributed by atoms with E-state index in [9.17, 15) is 14.0 Å². The van der Waals surface area contributed by atoms with Crippen LogP contribution in [0.4, 0.5) is 4.39 Å². The molecule has 0 bridgehead atoms. The van der Waals surface area contributed by atoms with Crippen molar-refractivity contribution in [2.75, 3.05) is 14.2 Å². The summed E-state index contributed by atoms with van der Waals surface area (Å²) >= 11 is 0. The summed E-state index contributed by atoms with van der Waals surface area (Å²) in [4.78, 5) is 28.3. The maximum absolute atomic E-state index is 13.2. The zero-order chi connectivity index (χ0) is 17.5. The van der Waals surface area contributed by atoms with Gasteiger partial charge in [0.15, 0.2) is 0 Å². The van der Waals surface area contributed by atoms with Gasteiger partial charge in [0.1, 0.15) is 11.9 Å². The molecule has 1 aromatic carbocycles. The van der Waals surface area contributed by atoms with Crippen LogP contribution in [0, 0.1) is 5.82 Å². The van der Waals surface area contributed by atoms with Crippen LogP contribution in [-0.4, -0.2) is 37.1 Å². The van der Waals surface area contributed by atoms with E-state index < -0.39 is 23.7 Å². The zero-order valence-corrected chi connectivity index (χ0v) is 13.3. The quantitative estimate of drug-likeness (QED) is 0.816. The number of hydrogen-bond acceptors (Lipinski definition) is 5. The number of hydrogen-bond donors (Lipinski definition) is 1. The summed E-state index contributed by atoms with van der Waals surface area (Å²) in [7, 11) is 2.69. The fourth-order valence-corrected chi connectivity index (χ4v) is 2.19. The zero-order valence-electron chi connectivity index (χ0n) is 13.3. The minimum Gasteiger partial charge on any atom is -0.481 e. The number of ether oxygens (including phenoxy) is 2. The smallest absolute Gasteiger partial charge is 0.328 e. The number of nitrogens with one attached hydrogen (secondary N) is 1. The van der Waals surface area contributed by atoms with E-state index in [0.717, 1.165) is 6.07 Å². The monoisotopic (exact) mass is 332 g/mol. The average Bonchev–Trinajstić information content (AvgIpc) is 2.60. The lowest BCUT2D eigenvalue weighted by molar-refractivity contribution is -0.142. The first-order valence-electron chi connectivity index (χ1n) is 7.17. The Hall–Kier alpha value is -2.96. The standard InChI is InChI=1S/C17H17FN2O4/c1-23-16-12(6-4-8-19-16)10-14(17(22)24-2)20-15(21)11-5-3-7-13(18)9-11/h3-9,14H,10H2,1-2H3,(H,20,21)/t14-/m1/s1. The highest BCUT2D eigenvalue weighted by Gasteiger charge is 2.24. The molecule has 0 saturated carbocycles. The molecule has 6 nitrogen and oxygen atoms in total. The maximum Gasteiger partial charge on any atom is 0.328 e.